The van der Waals surface area contributed by atoms with Gasteiger partial charge in [-0.15, -0.1) is 0 Å². The summed E-state index contributed by atoms with van der Waals surface area (Å²) in [6.45, 7) is 2.19. The SMILES string of the molecule is O=C(O)Cn1c2c(c3ccccc31)C[C@@]1(O)C3Cc4ccc(OCc5ccccc5)c5c4C1(CCN3CC1CC1)C2O5. The van der Waals surface area contributed by atoms with Crippen LogP contribution in [0.2, 0.25) is 0 Å². The number of aromatic nitrogens is 1. The van der Waals surface area contributed by atoms with Gasteiger partial charge in [0.1, 0.15) is 13.2 Å². The van der Waals surface area contributed by atoms with Gasteiger partial charge >= 0.3 is 5.97 Å². The Labute approximate surface area is 244 Å². The molecule has 9 rings (SSSR count). The first kappa shape index (κ1) is 24.8. The Morgan fingerprint density at radius 2 is 1.86 bits per heavy atom. The maximum atomic E-state index is 13.2. The number of para-hydroxylation sites is 1. The molecule has 2 N–H and O–H groups in total. The lowest BCUT2D eigenvalue weighted by Crippen LogP contribution is -2.74. The molecule has 2 aliphatic heterocycles. The van der Waals surface area contributed by atoms with Crippen LogP contribution in [0.5, 0.6) is 11.5 Å². The fourth-order valence-corrected chi connectivity index (χ4v) is 8.95. The van der Waals surface area contributed by atoms with Gasteiger partial charge in [-0.05, 0) is 67.0 Å². The van der Waals surface area contributed by atoms with Gasteiger partial charge < -0.3 is 24.3 Å². The Morgan fingerprint density at radius 1 is 1.05 bits per heavy atom. The van der Waals surface area contributed by atoms with E-state index >= 15 is 0 Å². The Hall–Kier alpha value is -3.81. The number of carboxylic acid groups (broad SMARTS) is 1. The molecule has 42 heavy (non-hydrogen) atoms. The number of hydrogen-bond donors (Lipinski definition) is 2. The molecule has 2 bridgehead atoms. The minimum atomic E-state index is -1.05. The molecule has 1 saturated carbocycles. The summed E-state index contributed by atoms with van der Waals surface area (Å²) in [4.78, 5) is 14.8. The summed E-state index contributed by atoms with van der Waals surface area (Å²) in [7, 11) is 0. The molecule has 3 aromatic carbocycles. The lowest BCUT2D eigenvalue weighted by Gasteiger charge is -2.63. The first-order valence-corrected chi connectivity index (χ1v) is 15.3. The van der Waals surface area contributed by atoms with Gasteiger partial charge in [-0.2, -0.15) is 0 Å². The number of likely N-dealkylation sites (tertiary alicyclic amines) is 1. The molecule has 2 fully saturated rings. The van der Waals surface area contributed by atoms with Crippen LogP contribution < -0.4 is 9.47 Å². The zero-order valence-electron chi connectivity index (χ0n) is 23.5. The van der Waals surface area contributed by atoms with Crippen molar-refractivity contribution in [1.82, 2.24) is 9.47 Å². The average molecular weight is 563 g/mol. The van der Waals surface area contributed by atoms with Gasteiger partial charge in [-0.1, -0.05) is 54.6 Å². The second kappa shape index (κ2) is 8.62. The van der Waals surface area contributed by atoms with E-state index in [9.17, 15) is 15.0 Å². The van der Waals surface area contributed by atoms with Crippen molar-refractivity contribution in [3.8, 4) is 11.5 Å². The molecule has 5 aliphatic rings. The van der Waals surface area contributed by atoms with Crippen LogP contribution in [-0.2, 0) is 36.2 Å². The Morgan fingerprint density at radius 3 is 2.67 bits per heavy atom. The van der Waals surface area contributed by atoms with E-state index in [1.54, 1.807) is 0 Å². The van der Waals surface area contributed by atoms with Gasteiger partial charge in [0.2, 0.25) is 0 Å². The van der Waals surface area contributed by atoms with Gasteiger partial charge in [0.15, 0.2) is 17.6 Å². The number of aliphatic hydroxyl groups is 1. The molecule has 4 aromatic rings. The van der Waals surface area contributed by atoms with Crippen LogP contribution in [0.3, 0.4) is 0 Å². The fourth-order valence-electron chi connectivity index (χ4n) is 8.95. The number of piperidine rings is 1. The van der Waals surface area contributed by atoms with Crippen LogP contribution in [0, 0.1) is 5.92 Å². The maximum absolute atomic E-state index is 13.2. The number of ether oxygens (including phenoxy) is 2. The number of carboxylic acids is 1. The molecule has 3 unspecified atom stereocenters. The van der Waals surface area contributed by atoms with Gasteiger partial charge in [0.05, 0.1) is 16.7 Å². The quantitative estimate of drug-likeness (QED) is 0.330. The van der Waals surface area contributed by atoms with Crippen molar-refractivity contribution in [2.75, 3.05) is 13.1 Å². The van der Waals surface area contributed by atoms with Gasteiger partial charge in [0.25, 0.3) is 0 Å². The van der Waals surface area contributed by atoms with Crippen molar-refractivity contribution in [2.45, 2.75) is 68.4 Å². The standard InChI is InChI=1S/C35H34N2O5/c38-29(39)19-37-26-9-5-4-8-24(26)25-17-35(40)28-16-23-12-13-27(41-20-22-6-2-1-3-7-22)32-30(23)34(35,33(42-32)31(25)37)14-15-36(28)18-21-10-11-21/h1-9,12-13,21,28,33,40H,10-11,14-20H2,(H,38,39)/t28?,33?,34?,35-/m1/s1. The lowest BCUT2D eigenvalue weighted by molar-refractivity contribution is -0.173. The summed E-state index contributed by atoms with van der Waals surface area (Å²) in [5.41, 5.74) is 4.46. The van der Waals surface area contributed by atoms with Crippen molar-refractivity contribution in [2.24, 2.45) is 5.92 Å². The van der Waals surface area contributed by atoms with Gasteiger partial charge in [-0.25, -0.2) is 0 Å². The fraction of sp³-hybridized carbons (Fsp3) is 0.400. The summed E-state index contributed by atoms with van der Waals surface area (Å²) in [6.07, 6.45) is 4.05. The van der Waals surface area contributed by atoms with Crippen LogP contribution in [0.25, 0.3) is 10.9 Å². The first-order valence-electron chi connectivity index (χ1n) is 15.3. The number of fused-ring (bicyclic) bond motifs is 4. The molecule has 7 nitrogen and oxygen atoms in total. The number of aliphatic carboxylic acids is 1. The van der Waals surface area contributed by atoms with E-state index in [0.717, 1.165) is 70.9 Å². The van der Waals surface area contributed by atoms with E-state index in [0.29, 0.717) is 18.8 Å². The van der Waals surface area contributed by atoms with Gasteiger partial charge in [-0.3, -0.25) is 9.69 Å². The molecular weight excluding hydrogens is 528 g/mol. The van der Waals surface area contributed by atoms with Gasteiger partial charge in [0, 0.05) is 35.5 Å². The molecule has 214 valence electrons. The molecule has 1 saturated heterocycles. The summed E-state index contributed by atoms with van der Waals surface area (Å²) in [6, 6.07) is 22.3. The predicted molar refractivity (Wildman–Crippen MR) is 157 cm³/mol. The summed E-state index contributed by atoms with van der Waals surface area (Å²) >= 11 is 0. The monoisotopic (exact) mass is 562 g/mol. The topological polar surface area (TPSA) is 84.2 Å². The van der Waals surface area contributed by atoms with E-state index in [1.807, 2.05) is 59.2 Å². The number of hydrogen-bond acceptors (Lipinski definition) is 5. The van der Waals surface area contributed by atoms with Crippen molar-refractivity contribution in [1.29, 1.82) is 0 Å². The van der Waals surface area contributed by atoms with Crippen molar-refractivity contribution < 1.29 is 24.5 Å². The predicted octanol–water partition coefficient (Wildman–Crippen LogP) is 5.00. The normalized spacial score (nSPS) is 28.7. The highest BCUT2D eigenvalue weighted by Gasteiger charge is 2.73. The zero-order chi connectivity index (χ0) is 28.2. The van der Waals surface area contributed by atoms with E-state index in [4.69, 9.17) is 9.47 Å². The third-order valence-electron chi connectivity index (χ3n) is 10.8. The zero-order valence-corrected chi connectivity index (χ0v) is 23.5. The highest BCUT2D eigenvalue weighted by molar-refractivity contribution is 5.88. The lowest BCUT2D eigenvalue weighted by atomic mass is 9.49. The second-order valence-electron chi connectivity index (χ2n) is 13.0. The second-order valence-corrected chi connectivity index (χ2v) is 13.0. The number of nitrogens with zero attached hydrogens (tertiary/aromatic N) is 2. The van der Waals surface area contributed by atoms with Crippen molar-refractivity contribution in [3.05, 3.63) is 94.7 Å². The number of benzene rings is 3. The molecule has 4 atom stereocenters. The molecule has 1 spiro atoms. The van der Waals surface area contributed by atoms with E-state index in [-0.39, 0.29) is 12.6 Å². The highest BCUT2D eigenvalue weighted by Crippen LogP contribution is 2.69. The van der Waals surface area contributed by atoms with E-state index in [1.165, 1.54) is 18.4 Å². The molecule has 3 heterocycles. The van der Waals surface area contributed by atoms with Crippen LogP contribution >= 0.6 is 0 Å². The van der Waals surface area contributed by atoms with Crippen molar-refractivity contribution in [3.63, 3.8) is 0 Å². The van der Waals surface area contributed by atoms with Crippen LogP contribution in [0.1, 0.15) is 53.3 Å². The highest BCUT2D eigenvalue weighted by atomic mass is 16.5. The average Bonchev–Trinajstić information content (AvgIpc) is 3.67. The van der Waals surface area contributed by atoms with E-state index < -0.39 is 23.1 Å². The first-order chi connectivity index (χ1) is 20.5. The van der Waals surface area contributed by atoms with Crippen molar-refractivity contribution >= 4 is 16.9 Å². The third kappa shape index (κ3) is 3.21. The molecule has 0 amide bonds. The smallest absolute Gasteiger partial charge is 0.323 e. The minimum absolute atomic E-state index is 0.0257. The Kier molecular flexibility index (Phi) is 5.08. The molecule has 3 aliphatic carbocycles. The maximum Gasteiger partial charge on any atom is 0.323 e. The minimum Gasteiger partial charge on any atom is -0.485 e. The molecule has 1 aromatic heterocycles. The summed E-state index contributed by atoms with van der Waals surface area (Å²) < 4.78 is 15.4. The van der Waals surface area contributed by atoms with Crippen LogP contribution in [0.15, 0.2) is 66.7 Å². The Balaban J connectivity index is 1.26. The summed E-state index contributed by atoms with van der Waals surface area (Å²) in [5.74, 6) is 1.24. The molecule has 7 heteroatoms. The molecular formula is C35H34N2O5. The Bertz CT molecular complexity index is 1760. The molecule has 0 radical (unpaired) electrons. The van der Waals surface area contributed by atoms with E-state index in [2.05, 4.69) is 17.0 Å². The number of rotatable bonds is 7. The largest absolute Gasteiger partial charge is 0.485 e. The van der Waals surface area contributed by atoms with Crippen LogP contribution in [-0.4, -0.2) is 50.4 Å². The number of carbonyl (C=O) groups is 1. The van der Waals surface area contributed by atoms with Crippen LogP contribution in [0.4, 0.5) is 0 Å². The third-order valence-corrected chi connectivity index (χ3v) is 10.8. The summed E-state index contributed by atoms with van der Waals surface area (Å²) in [5, 5.41) is 24.2.